The highest BCUT2D eigenvalue weighted by molar-refractivity contribution is 8.15. The summed E-state index contributed by atoms with van der Waals surface area (Å²) in [7, 11) is 0. The number of hydrogen-bond acceptors (Lipinski definition) is 4. The van der Waals surface area contributed by atoms with Gasteiger partial charge < -0.3 is 5.32 Å². The minimum Gasteiger partial charge on any atom is -0.326 e. The van der Waals surface area contributed by atoms with E-state index in [4.69, 9.17) is 23.2 Å². The van der Waals surface area contributed by atoms with Gasteiger partial charge in [0, 0.05) is 18.2 Å². The number of thioether (sulfide) groups is 1. The van der Waals surface area contributed by atoms with Crippen LogP contribution in [0.25, 0.3) is 0 Å². The molecule has 1 aliphatic heterocycles. The van der Waals surface area contributed by atoms with E-state index in [-0.39, 0.29) is 24.3 Å². The number of aliphatic imine (C=N–C) groups is 1. The van der Waals surface area contributed by atoms with Gasteiger partial charge in [-0.15, -0.1) is 6.58 Å². The maximum atomic E-state index is 13.2. The zero-order valence-electron chi connectivity index (χ0n) is 16.2. The predicted molar refractivity (Wildman–Crippen MR) is 122 cm³/mol. The van der Waals surface area contributed by atoms with Crippen molar-refractivity contribution in [1.82, 2.24) is 4.90 Å². The van der Waals surface area contributed by atoms with Gasteiger partial charge in [-0.25, -0.2) is 0 Å². The van der Waals surface area contributed by atoms with Gasteiger partial charge in [0.05, 0.1) is 16.6 Å². The highest BCUT2D eigenvalue weighted by atomic mass is 35.5. The average molecular weight is 454 g/mol. The van der Waals surface area contributed by atoms with Crippen LogP contribution in [0.15, 0.2) is 35.8 Å². The lowest BCUT2D eigenvalue weighted by atomic mass is 10.1. The fourth-order valence-corrected chi connectivity index (χ4v) is 5.18. The van der Waals surface area contributed by atoms with E-state index < -0.39 is 5.25 Å². The first-order chi connectivity index (χ1) is 14.0. The fourth-order valence-electron chi connectivity index (χ4n) is 3.68. The molecule has 156 valence electrons. The molecule has 1 saturated heterocycles. The van der Waals surface area contributed by atoms with E-state index in [1.165, 1.54) is 24.6 Å². The molecule has 1 saturated carbocycles. The average Bonchev–Trinajstić information content (AvgIpc) is 2.87. The lowest BCUT2D eigenvalue weighted by Gasteiger charge is -2.26. The second-order valence-electron chi connectivity index (χ2n) is 7.25. The highest BCUT2D eigenvalue weighted by Gasteiger charge is 2.42. The third-order valence-corrected chi connectivity index (χ3v) is 7.01. The zero-order chi connectivity index (χ0) is 20.8. The number of carbonyl (C=O) groups excluding carboxylic acids is 2. The van der Waals surface area contributed by atoms with Crippen LogP contribution in [0.3, 0.4) is 0 Å². The van der Waals surface area contributed by atoms with E-state index in [0.29, 0.717) is 27.4 Å². The first-order valence-electron chi connectivity index (χ1n) is 9.89. The lowest BCUT2D eigenvalue weighted by molar-refractivity contribution is -0.129. The van der Waals surface area contributed by atoms with Gasteiger partial charge in [-0.3, -0.25) is 19.5 Å². The monoisotopic (exact) mass is 453 g/mol. The van der Waals surface area contributed by atoms with Crippen LogP contribution in [0.4, 0.5) is 5.69 Å². The number of rotatable bonds is 6. The molecule has 1 N–H and O–H groups in total. The molecule has 0 spiro atoms. The highest BCUT2D eigenvalue weighted by Crippen LogP contribution is 2.35. The topological polar surface area (TPSA) is 61.8 Å². The van der Waals surface area contributed by atoms with Crippen molar-refractivity contribution in [3.63, 3.8) is 0 Å². The van der Waals surface area contributed by atoms with Crippen molar-refractivity contribution in [2.75, 3.05) is 11.9 Å². The molecule has 2 amide bonds. The standard InChI is InChI=1S/C21H25Cl2N3O2S/c1-2-11-24-21-26(15-7-5-3-4-6-8-15)20(28)18(29-21)13-19(27)25-14-9-10-16(22)17(23)12-14/h2,9-10,12,15,18H,1,3-8,11,13H2,(H,25,27)/t18-/m1/s1. The molecule has 1 heterocycles. The molecule has 3 rings (SSSR count). The Kier molecular flexibility index (Phi) is 8.04. The van der Waals surface area contributed by atoms with Gasteiger partial charge in [-0.1, -0.05) is 66.7 Å². The molecule has 1 aromatic rings. The van der Waals surface area contributed by atoms with Crippen molar-refractivity contribution in [2.45, 2.75) is 56.2 Å². The Morgan fingerprint density at radius 2 is 1.97 bits per heavy atom. The van der Waals surface area contributed by atoms with Gasteiger partial charge in [0.25, 0.3) is 0 Å². The van der Waals surface area contributed by atoms with Crippen molar-refractivity contribution < 1.29 is 9.59 Å². The number of carbonyl (C=O) groups is 2. The molecule has 1 atom stereocenters. The van der Waals surface area contributed by atoms with E-state index in [2.05, 4.69) is 16.9 Å². The van der Waals surface area contributed by atoms with Crippen LogP contribution in [0.2, 0.25) is 10.0 Å². The van der Waals surface area contributed by atoms with Gasteiger partial charge in [-0.05, 0) is 31.0 Å². The molecular weight excluding hydrogens is 429 g/mol. The molecule has 0 bridgehead atoms. The van der Waals surface area contributed by atoms with Crippen LogP contribution in [0.5, 0.6) is 0 Å². The van der Waals surface area contributed by atoms with Gasteiger partial charge >= 0.3 is 0 Å². The van der Waals surface area contributed by atoms with E-state index >= 15 is 0 Å². The second kappa shape index (κ2) is 10.5. The third kappa shape index (κ3) is 5.77. The van der Waals surface area contributed by atoms with Crippen LogP contribution in [0.1, 0.15) is 44.9 Å². The SMILES string of the molecule is C=CCN=C1S[C@H](CC(=O)Nc2ccc(Cl)c(Cl)c2)C(=O)N1C1CCCCCC1. The van der Waals surface area contributed by atoms with E-state index in [1.807, 2.05) is 4.90 Å². The molecule has 0 unspecified atom stereocenters. The van der Waals surface area contributed by atoms with Crippen LogP contribution in [-0.4, -0.2) is 39.7 Å². The molecule has 0 aromatic heterocycles. The van der Waals surface area contributed by atoms with Crippen molar-refractivity contribution in [2.24, 2.45) is 4.99 Å². The third-order valence-electron chi connectivity index (χ3n) is 5.09. The second-order valence-corrected chi connectivity index (χ2v) is 9.24. The molecule has 5 nitrogen and oxygen atoms in total. The maximum absolute atomic E-state index is 13.2. The molecule has 8 heteroatoms. The maximum Gasteiger partial charge on any atom is 0.242 e. The summed E-state index contributed by atoms with van der Waals surface area (Å²) in [4.78, 5) is 32.1. The quantitative estimate of drug-likeness (QED) is 0.454. The summed E-state index contributed by atoms with van der Waals surface area (Å²) < 4.78 is 0. The Balaban J connectivity index is 1.70. The van der Waals surface area contributed by atoms with Crippen molar-refractivity contribution in [3.05, 3.63) is 40.9 Å². The Bertz CT molecular complexity index is 807. The Labute approximate surface area is 185 Å². The first-order valence-corrected chi connectivity index (χ1v) is 11.5. The molecule has 29 heavy (non-hydrogen) atoms. The summed E-state index contributed by atoms with van der Waals surface area (Å²) in [5.41, 5.74) is 0.556. The summed E-state index contributed by atoms with van der Waals surface area (Å²) in [6, 6.07) is 5.08. The Morgan fingerprint density at radius 1 is 1.24 bits per heavy atom. The van der Waals surface area contributed by atoms with Gasteiger partial charge in [0.15, 0.2) is 5.17 Å². The predicted octanol–water partition coefficient (Wildman–Crippen LogP) is 5.53. The summed E-state index contributed by atoms with van der Waals surface area (Å²) in [5.74, 6) is -0.256. The summed E-state index contributed by atoms with van der Waals surface area (Å²) in [6.45, 7) is 4.18. The minimum absolute atomic E-state index is 0.0194. The Hall–Kier alpha value is -1.50. The number of nitrogens with zero attached hydrogens (tertiary/aromatic N) is 2. The van der Waals surface area contributed by atoms with Crippen molar-refractivity contribution in [1.29, 1.82) is 0 Å². The number of anilines is 1. The van der Waals surface area contributed by atoms with Crippen LogP contribution in [0, 0.1) is 0 Å². The normalized spacial score (nSPS) is 22.0. The molecule has 2 fully saturated rings. The van der Waals surface area contributed by atoms with Crippen LogP contribution in [-0.2, 0) is 9.59 Å². The minimum atomic E-state index is -0.468. The fraction of sp³-hybridized carbons (Fsp3) is 0.476. The number of halogens is 2. The van der Waals surface area contributed by atoms with Crippen LogP contribution >= 0.6 is 35.0 Å². The van der Waals surface area contributed by atoms with E-state index in [1.54, 1.807) is 24.3 Å². The van der Waals surface area contributed by atoms with Crippen molar-refractivity contribution in [3.8, 4) is 0 Å². The summed E-state index contributed by atoms with van der Waals surface area (Å²) in [5, 5.41) is 3.84. The van der Waals surface area contributed by atoms with Gasteiger partial charge in [0.2, 0.25) is 11.8 Å². The number of benzene rings is 1. The molecular formula is C21H25Cl2N3O2S. The number of amidine groups is 1. The lowest BCUT2D eigenvalue weighted by Crippen LogP contribution is -2.41. The first kappa shape index (κ1) is 22.2. The number of nitrogens with one attached hydrogen (secondary N) is 1. The van der Waals surface area contributed by atoms with Crippen molar-refractivity contribution >= 4 is 57.6 Å². The van der Waals surface area contributed by atoms with Gasteiger partial charge in [0.1, 0.15) is 5.25 Å². The zero-order valence-corrected chi connectivity index (χ0v) is 18.5. The van der Waals surface area contributed by atoms with Gasteiger partial charge in [-0.2, -0.15) is 0 Å². The number of hydrogen-bond donors (Lipinski definition) is 1. The molecule has 1 aromatic carbocycles. The van der Waals surface area contributed by atoms with E-state index in [9.17, 15) is 9.59 Å². The molecule has 0 radical (unpaired) electrons. The Morgan fingerprint density at radius 3 is 2.62 bits per heavy atom. The smallest absolute Gasteiger partial charge is 0.242 e. The molecule has 2 aliphatic rings. The largest absolute Gasteiger partial charge is 0.326 e. The molecule has 1 aliphatic carbocycles. The van der Waals surface area contributed by atoms with Crippen LogP contribution < -0.4 is 5.32 Å². The van der Waals surface area contributed by atoms with E-state index in [0.717, 1.165) is 25.7 Å². The summed E-state index contributed by atoms with van der Waals surface area (Å²) >= 11 is 13.3. The summed E-state index contributed by atoms with van der Waals surface area (Å²) in [6.07, 6.45) is 8.43. The number of amides is 2.